The topological polar surface area (TPSA) is 17.8 Å². The molecule has 3 heteroatoms. The number of nitrogens with zero attached hydrogens (tertiary/aromatic N) is 2. The molecule has 0 bridgehead atoms. The molecule has 0 aliphatic carbocycles. The molecule has 1 aromatic rings. The molecule has 0 aromatic carbocycles. The van der Waals surface area contributed by atoms with E-state index in [2.05, 4.69) is 52.4 Å². The molecule has 0 spiro atoms. The zero-order valence-electron chi connectivity index (χ0n) is 9.26. The molecular formula is C11H19BrN2. The molecule has 1 heterocycles. The molecule has 80 valence electrons. The van der Waals surface area contributed by atoms with Gasteiger partial charge in [0.25, 0.3) is 0 Å². The summed E-state index contributed by atoms with van der Waals surface area (Å²) in [6.07, 6.45) is 6.21. The molecule has 0 saturated heterocycles. The van der Waals surface area contributed by atoms with Gasteiger partial charge in [-0.3, -0.25) is 0 Å². The van der Waals surface area contributed by atoms with Crippen molar-refractivity contribution in [1.29, 1.82) is 0 Å². The molecule has 0 aliphatic heterocycles. The standard InChI is InChI=1S/C11H19BrN2/c1-4-5-10-13-6-7-14(10)9-11(2,3)8-12/h6-7H,4-5,8-9H2,1-3H3. The fraction of sp³-hybridized carbons (Fsp3) is 0.727. The van der Waals surface area contributed by atoms with Crippen LogP contribution in [0, 0.1) is 5.41 Å². The van der Waals surface area contributed by atoms with Crippen LogP contribution in [-0.4, -0.2) is 14.9 Å². The molecule has 0 radical (unpaired) electrons. The maximum absolute atomic E-state index is 4.37. The fourth-order valence-electron chi connectivity index (χ4n) is 1.44. The van der Waals surface area contributed by atoms with Gasteiger partial charge in [-0.2, -0.15) is 0 Å². The Morgan fingerprint density at radius 3 is 2.79 bits per heavy atom. The second kappa shape index (κ2) is 4.96. The number of aromatic nitrogens is 2. The molecule has 0 unspecified atom stereocenters. The van der Waals surface area contributed by atoms with Gasteiger partial charge in [-0.25, -0.2) is 4.98 Å². The summed E-state index contributed by atoms with van der Waals surface area (Å²) in [6, 6.07) is 0. The van der Waals surface area contributed by atoms with E-state index in [0.29, 0.717) is 5.41 Å². The van der Waals surface area contributed by atoms with Crippen LogP contribution in [0.25, 0.3) is 0 Å². The maximum atomic E-state index is 4.37. The Bertz CT molecular complexity index is 279. The maximum Gasteiger partial charge on any atom is 0.108 e. The van der Waals surface area contributed by atoms with Crippen LogP contribution >= 0.6 is 15.9 Å². The molecule has 0 atom stereocenters. The van der Waals surface area contributed by atoms with Crippen molar-refractivity contribution in [2.24, 2.45) is 5.41 Å². The van der Waals surface area contributed by atoms with Gasteiger partial charge in [-0.15, -0.1) is 0 Å². The minimum atomic E-state index is 0.295. The van der Waals surface area contributed by atoms with Crippen molar-refractivity contribution in [3.63, 3.8) is 0 Å². The van der Waals surface area contributed by atoms with Gasteiger partial charge >= 0.3 is 0 Å². The third kappa shape index (κ3) is 3.12. The summed E-state index contributed by atoms with van der Waals surface area (Å²) in [4.78, 5) is 4.37. The second-order valence-corrected chi connectivity index (χ2v) is 5.08. The largest absolute Gasteiger partial charge is 0.334 e. The monoisotopic (exact) mass is 258 g/mol. The number of imidazole rings is 1. The van der Waals surface area contributed by atoms with Crippen LogP contribution < -0.4 is 0 Å². The number of hydrogen-bond acceptors (Lipinski definition) is 1. The van der Waals surface area contributed by atoms with Gasteiger partial charge < -0.3 is 4.57 Å². The molecule has 0 fully saturated rings. The van der Waals surface area contributed by atoms with Crippen molar-refractivity contribution < 1.29 is 0 Å². The highest BCUT2D eigenvalue weighted by atomic mass is 79.9. The average molecular weight is 259 g/mol. The van der Waals surface area contributed by atoms with Crippen molar-refractivity contribution in [2.75, 3.05) is 5.33 Å². The molecule has 0 N–H and O–H groups in total. The molecule has 1 aromatic heterocycles. The van der Waals surface area contributed by atoms with E-state index >= 15 is 0 Å². The third-order valence-corrected chi connectivity index (χ3v) is 3.75. The lowest BCUT2D eigenvalue weighted by molar-refractivity contribution is 0.348. The lowest BCUT2D eigenvalue weighted by Gasteiger charge is -2.23. The highest BCUT2D eigenvalue weighted by Crippen LogP contribution is 2.21. The van der Waals surface area contributed by atoms with Crippen LogP contribution in [-0.2, 0) is 13.0 Å². The Morgan fingerprint density at radius 1 is 1.50 bits per heavy atom. The summed E-state index contributed by atoms with van der Waals surface area (Å²) >= 11 is 3.55. The Morgan fingerprint density at radius 2 is 2.21 bits per heavy atom. The lowest BCUT2D eigenvalue weighted by atomic mass is 9.96. The summed E-state index contributed by atoms with van der Waals surface area (Å²) in [7, 11) is 0. The minimum Gasteiger partial charge on any atom is -0.334 e. The van der Waals surface area contributed by atoms with Gasteiger partial charge in [-0.05, 0) is 11.8 Å². The number of alkyl halides is 1. The quantitative estimate of drug-likeness (QED) is 0.742. The van der Waals surface area contributed by atoms with E-state index in [4.69, 9.17) is 0 Å². The zero-order chi connectivity index (χ0) is 10.6. The molecule has 2 nitrogen and oxygen atoms in total. The molecule has 14 heavy (non-hydrogen) atoms. The van der Waals surface area contributed by atoms with Gasteiger partial charge in [0.15, 0.2) is 0 Å². The minimum absolute atomic E-state index is 0.295. The van der Waals surface area contributed by atoms with Gasteiger partial charge in [-0.1, -0.05) is 36.7 Å². The Kier molecular flexibility index (Phi) is 4.17. The zero-order valence-corrected chi connectivity index (χ0v) is 10.8. The third-order valence-electron chi connectivity index (χ3n) is 2.24. The predicted octanol–water partition coefficient (Wildman–Crippen LogP) is 3.26. The van der Waals surface area contributed by atoms with E-state index in [1.165, 1.54) is 5.82 Å². The first kappa shape index (κ1) is 11.8. The number of hydrogen-bond donors (Lipinski definition) is 0. The molecule has 0 amide bonds. The molecule has 1 rings (SSSR count). The molecule has 0 saturated carbocycles. The SMILES string of the molecule is CCCc1nccn1CC(C)(C)CBr. The van der Waals surface area contributed by atoms with E-state index < -0.39 is 0 Å². The van der Waals surface area contributed by atoms with Crippen LogP contribution in [0.3, 0.4) is 0 Å². The van der Waals surface area contributed by atoms with E-state index in [1.807, 2.05) is 6.20 Å². The summed E-state index contributed by atoms with van der Waals surface area (Å²) < 4.78 is 2.27. The summed E-state index contributed by atoms with van der Waals surface area (Å²) in [5.41, 5.74) is 0.295. The number of aryl methyl sites for hydroxylation is 1. The van der Waals surface area contributed by atoms with Crippen molar-refractivity contribution in [2.45, 2.75) is 40.2 Å². The predicted molar refractivity (Wildman–Crippen MR) is 63.8 cm³/mol. The van der Waals surface area contributed by atoms with E-state index in [-0.39, 0.29) is 0 Å². The Labute approximate surface area is 94.9 Å². The summed E-state index contributed by atoms with van der Waals surface area (Å²) in [5, 5.41) is 1.02. The van der Waals surface area contributed by atoms with E-state index in [1.54, 1.807) is 0 Å². The smallest absolute Gasteiger partial charge is 0.108 e. The number of rotatable bonds is 5. The second-order valence-electron chi connectivity index (χ2n) is 4.52. The lowest BCUT2D eigenvalue weighted by Crippen LogP contribution is -2.22. The highest BCUT2D eigenvalue weighted by molar-refractivity contribution is 9.09. The van der Waals surface area contributed by atoms with Gasteiger partial charge in [0.05, 0.1) is 0 Å². The van der Waals surface area contributed by atoms with Gasteiger partial charge in [0.2, 0.25) is 0 Å². The van der Waals surface area contributed by atoms with Crippen LogP contribution in [0.4, 0.5) is 0 Å². The summed E-state index contributed by atoms with van der Waals surface area (Å²) in [5.74, 6) is 1.21. The first-order chi connectivity index (χ1) is 6.59. The van der Waals surface area contributed by atoms with Crippen LogP contribution in [0.15, 0.2) is 12.4 Å². The molecular weight excluding hydrogens is 240 g/mol. The average Bonchev–Trinajstić information content (AvgIpc) is 2.53. The van der Waals surface area contributed by atoms with E-state index in [0.717, 1.165) is 24.7 Å². The normalized spacial score (nSPS) is 12.0. The van der Waals surface area contributed by atoms with Crippen molar-refractivity contribution in [3.05, 3.63) is 18.2 Å². The van der Waals surface area contributed by atoms with Gasteiger partial charge in [0.1, 0.15) is 5.82 Å². The van der Waals surface area contributed by atoms with Crippen LogP contribution in [0.5, 0.6) is 0 Å². The Balaban J connectivity index is 2.70. The van der Waals surface area contributed by atoms with E-state index in [9.17, 15) is 0 Å². The van der Waals surface area contributed by atoms with Crippen LogP contribution in [0.2, 0.25) is 0 Å². The number of halogens is 1. The first-order valence-electron chi connectivity index (χ1n) is 5.15. The van der Waals surface area contributed by atoms with Crippen molar-refractivity contribution in [3.8, 4) is 0 Å². The van der Waals surface area contributed by atoms with Crippen molar-refractivity contribution in [1.82, 2.24) is 9.55 Å². The Hall–Kier alpha value is -0.310. The van der Waals surface area contributed by atoms with Crippen LogP contribution in [0.1, 0.15) is 33.0 Å². The van der Waals surface area contributed by atoms with Crippen molar-refractivity contribution >= 4 is 15.9 Å². The summed E-state index contributed by atoms with van der Waals surface area (Å²) in [6.45, 7) is 7.75. The molecule has 0 aliphatic rings. The van der Waals surface area contributed by atoms with Gasteiger partial charge in [0, 0.05) is 30.7 Å². The fourth-order valence-corrected chi connectivity index (χ4v) is 1.62. The highest BCUT2D eigenvalue weighted by Gasteiger charge is 2.17. The first-order valence-corrected chi connectivity index (χ1v) is 6.27.